The minimum absolute atomic E-state index is 0.0468. The minimum Gasteiger partial charge on any atom is -0.455 e. The fourth-order valence-corrected chi connectivity index (χ4v) is 5.20. The van der Waals surface area contributed by atoms with Crippen molar-refractivity contribution in [2.75, 3.05) is 6.61 Å². The van der Waals surface area contributed by atoms with Gasteiger partial charge in [0.1, 0.15) is 18.5 Å². The fraction of sp³-hybridized carbons (Fsp3) is 0.474. The van der Waals surface area contributed by atoms with E-state index in [4.69, 9.17) is 9.47 Å². The second kappa shape index (κ2) is 20.3. The van der Waals surface area contributed by atoms with Gasteiger partial charge in [0.15, 0.2) is 0 Å². The molecule has 1 amide bonds. The molecule has 1 aliphatic rings. The summed E-state index contributed by atoms with van der Waals surface area (Å²) in [4.78, 5) is 40.3. The number of hydrogen-bond acceptors (Lipinski definition) is 7. The molecule has 0 radical (unpaired) electrons. The number of Topliss-reactive ketones (excluding diaryl/α,β-unsaturated/α-hetero) is 1. The molecule has 49 heavy (non-hydrogen) atoms. The van der Waals surface area contributed by atoms with Crippen LogP contribution in [0.25, 0.3) is 0 Å². The Morgan fingerprint density at radius 3 is 2.55 bits per heavy atom. The number of aliphatic hydroxyl groups excluding tert-OH is 1. The van der Waals surface area contributed by atoms with Crippen LogP contribution in [-0.4, -0.2) is 46.8 Å². The molecule has 0 saturated heterocycles. The van der Waals surface area contributed by atoms with Crippen molar-refractivity contribution >= 4 is 17.8 Å². The largest absolute Gasteiger partial charge is 0.455 e. The average molecular weight is 687 g/mol. The van der Waals surface area contributed by atoms with E-state index in [2.05, 4.69) is 22.5 Å². The Hall–Kier alpha value is -4.25. The lowest BCUT2D eigenvalue weighted by molar-refractivity contribution is -0.141. The summed E-state index contributed by atoms with van der Waals surface area (Å²) in [6.07, 6.45) is 14.3. The van der Waals surface area contributed by atoms with E-state index in [0.29, 0.717) is 12.8 Å². The smallest absolute Gasteiger partial charge is 0.416 e. The van der Waals surface area contributed by atoms with E-state index >= 15 is 0 Å². The van der Waals surface area contributed by atoms with Gasteiger partial charge < -0.3 is 19.9 Å². The standard InChI is InChI=1S/C38H49F3N2O6/c1-25(15-16-33-13-10-14-34(44)49-33)11-8-7-9-12-26(2)21-28(4)35(45)30(6)36(46)29(5)22-27(3)18-20-48-37(47)43-24-32-23-31(17-19-42-32)38(39,40)41/h9-12,14-19,21,23,28-30,33,36,46H,7-8,13,20,22,24H2,1-6H3,(H,43,47)/b12-9+,16-15+,25-11-,26-21+,27-18+. The van der Waals surface area contributed by atoms with E-state index in [9.17, 15) is 32.7 Å². The van der Waals surface area contributed by atoms with Crippen LogP contribution in [0, 0.1) is 17.8 Å². The number of rotatable bonds is 17. The highest BCUT2D eigenvalue weighted by Crippen LogP contribution is 2.29. The Morgan fingerprint density at radius 2 is 1.86 bits per heavy atom. The van der Waals surface area contributed by atoms with Gasteiger partial charge in [-0.25, -0.2) is 9.59 Å². The highest BCUT2D eigenvalue weighted by molar-refractivity contribution is 5.85. The zero-order valence-corrected chi connectivity index (χ0v) is 29.1. The molecule has 2 rings (SSSR count). The van der Waals surface area contributed by atoms with Gasteiger partial charge in [-0.15, -0.1) is 0 Å². The number of ether oxygens (including phenoxy) is 2. The molecule has 8 nitrogen and oxygen atoms in total. The van der Waals surface area contributed by atoms with Crippen molar-refractivity contribution in [3.8, 4) is 0 Å². The van der Waals surface area contributed by atoms with Crippen molar-refractivity contribution in [3.05, 3.63) is 101 Å². The number of halogens is 3. The summed E-state index contributed by atoms with van der Waals surface area (Å²) in [5, 5.41) is 13.3. The molecule has 268 valence electrons. The summed E-state index contributed by atoms with van der Waals surface area (Å²) in [6, 6.07) is 1.71. The molecule has 11 heteroatoms. The number of allylic oxidation sites excluding steroid dienone is 8. The predicted molar refractivity (Wildman–Crippen MR) is 183 cm³/mol. The van der Waals surface area contributed by atoms with Crippen molar-refractivity contribution in [2.24, 2.45) is 17.8 Å². The van der Waals surface area contributed by atoms with Gasteiger partial charge in [-0.2, -0.15) is 13.2 Å². The van der Waals surface area contributed by atoms with Crippen molar-refractivity contribution in [3.63, 3.8) is 0 Å². The monoisotopic (exact) mass is 686 g/mol. The highest BCUT2D eigenvalue weighted by Gasteiger charge is 2.31. The van der Waals surface area contributed by atoms with E-state index < -0.39 is 29.9 Å². The number of hydrogen-bond donors (Lipinski definition) is 2. The summed E-state index contributed by atoms with van der Waals surface area (Å²) in [5.74, 6) is -1.60. The van der Waals surface area contributed by atoms with Crippen LogP contribution in [0.5, 0.6) is 0 Å². The number of pyridine rings is 1. The van der Waals surface area contributed by atoms with Crippen LogP contribution < -0.4 is 5.32 Å². The number of cyclic esters (lactones) is 1. The first-order chi connectivity index (χ1) is 23.1. The number of esters is 1. The number of carbonyl (C=O) groups is 3. The third kappa shape index (κ3) is 15.7. The molecule has 0 aromatic carbocycles. The first-order valence-corrected chi connectivity index (χ1v) is 16.4. The van der Waals surface area contributed by atoms with Crippen LogP contribution in [0.3, 0.4) is 0 Å². The molecule has 0 aliphatic carbocycles. The summed E-state index contributed by atoms with van der Waals surface area (Å²) < 4.78 is 48.9. The van der Waals surface area contributed by atoms with Crippen molar-refractivity contribution in [1.29, 1.82) is 0 Å². The maximum atomic E-state index is 13.1. The van der Waals surface area contributed by atoms with Crippen LogP contribution >= 0.6 is 0 Å². The van der Waals surface area contributed by atoms with E-state index in [1.54, 1.807) is 13.0 Å². The van der Waals surface area contributed by atoms with Crippen LogP contribution in [0.15, 0.2) is 89.7 Å². The maximum absolute atomic E-state index is 13.1. The Bertz CT molecular complexity index is 1460. The molecule has 0 fully saturated rings. The SMILES string of the molecule is CC(=C/CC/C=C/C(C)=C/C(C)C(=O)C(C)C(O)C(C)C/C(C)=C/COC(=O)NCc1cc(C(F)(F)F)ccn1)/C=C/C1CC=CC(=O)O1. The Balaban J connectivity index is 1.74. The number of alkyl carbamates (subject to hydrolysis) is 1. The third-order valence-corrected chi connectivity index (χ3v) is 8.00. The predicted octanol–water partition coefficient (Wildman–Crippen LogP) is 8.16. The lowest BCUT2D eigenvalue weighted by Gasteiger charge is -2.26. The van der Waals surface area contributed by atoms with Gasteiger partial charge in [-0.05, 0) is 70.2 Å². The zero-order valence-electron chi connectivity index (χ0n) is 29.1. The molecule has 0 spiro atoms. The highest BCUT2D eigenvalue weighted by atomic mass is 19.4. The van der Waals surface area contributed by atoms with E-state index in [-0.39, 0.29) is 48.5 Å². The van der Waals surface area contributed by atoms with Crippen LogP contribution in [0.1, 0.15) is 78.5 Å². The van der Waals surface area contributed by atoms with Crippen LogP contribution in [0.4, 0.5) is 18.0 Å². The maximum Gasteiger partial charge on any atom is 0.416 e. The molecular formula is C38H49F3N2O6. The van der Waals surface area contributed by atoms with Gasteiger partial charge in [0.05, 0.1) is 23.9 Å². The first kappa shape index (κ1) is 40.9. The Kier molecular flexibility index (Phi) is 17.0. The van der Waals surface area contributed by atoms with Gasteiger partial charge >= 0.3 is 18.2 Å². The molecule has 5 unspecified atom stereocenters. The quantitative estimate of drug-likeness (QED) is 0.0736. The van der Waals surface area contributed by atoms with Gasteiger partial charge in [0, 0.05) is 30.5 Å². The lowest BCUT2D eigenvalue weighted by atomic mass is 9.83. The summed E-state index contributed by atoms with van der Waals surface area (Å²) in [5.41, 5.74) is 2.08. The number of unbranched alkanes of at least 4 members (excludes halogenated alkanes) is 1. The number of nitrogens with zero attached hydrogens (tertiary/aromatic N) is 1. The molecule has 2 N–H and O–H groups in total. The molecule has 0 bridgehead atoms. The third-order valence-electron chi connectivity index (χ3n) is 8.00. The zero-order chi connectivity index (χ0) is 36.6. The Labute approximate surface area is 287 Å². The molecule has 5 atom stereocenters. The number of aliphatic hydroxyl groups is 1. The van der Waals surface area contributed by atoms with Crippen molar-refractivity contribution < 1.29 is 42.1 Å². The van der Waals surface area contributed by atoms with E-state index in [1.807, 2.05) is 65.0 Å². The van der Waals surface area contributed by atoms with Crippen molar-refractivity contribution in [1.82, 2.24) is 10.3 Å². The average Bonchev–Trinajstić information content (AvgIpc) is 3.04. The van der Waals surface area contributed by atoms with Crippen molar-refractivity contribution in [2.45, 2.75) is 92.2 Å². The molecular weight excluding hydrogens is 637 g/mol. The number of carbonyl (C=O) groups excluding carboxylic acids is 3. The second-order valence-electron chi connectivity index (χ2n) is 12.5. The molecule has 2 heterocycles. The topological polar surface area (TPSA) is 115 Å². The van der Waals surface area contributed by atoms with Crippen LogP contribution in [0.2, 0.25) is 0 Å². The van der Waals surface area contributed by atoms with Crippen LogP contribution in [-0.2, 0) is 31.8 Å². The number of aromatic nitrogens is 1. The number of alkyl halides is 3. The van der Waals surface area contributed by atoms with Gasteiger partial charge in [-0.3, -0.25) is 9.78 Å². The lowest BCUT2D eigenvalue weighted by Crippen LogP contribution is -2.34. The molecule has 1 aromatic rings. The first-order valence-electron chi connectivity index (χ1n) is 16.4. The second-order valence-corrected chi connectivity index (χ2v) is 12.5. The number of nitrogens with one attached hydrogen (secondary N) is 1. The minimum atomic E-state index is -4.50. The molecule has 1 aliphatic heterocycles. The van der Waals surface area contributed by atoms with E-state index in [0.717, 1.165) is 47.9 Å². The number of amides is 1. The van der Waals surface area contributed by atoms with Gasteiger partial charge in [0.2, 0.25) is 0 Å². The summed E-state index contributed by atoms with van der Waals surface area (Å²) in [6.45, 7) is 10.9. The van der Waals surface area contributed by atoms with Gasteiger partial charge in [0.25, 0.3) is 0 Å². The number of ketones is 1. The normalized spacial score (nSPS) is 18.7. The summed E-state index contributed by atoms with van der Waals surface area (Å²) >= 11 is 0. The van der Waals surface area contributed by atoms with E-state index in [1.165, 1.54) is 6.08 Å². The fourth-order valence-electron chi connectivity index (χ4n) is 5.20. The Morgan fingerprint density at radius 1 is 1.12 bits per heavy atom. The van der Waals surface area contributed by atoms with Gasteiger partial charge in [-0.1, -0.05) is 73.9 Å². The summed E-state index contributed by atoms with van der Waals surface area (Å²) in [7, 11) is 0. The molecule has 0 saturated carbocycles. The molecule has 1 aromatic heterocycles.